The summed E-state index contributed by atoms with van der Waals surface area (Å²) in [5.74, 6) is -1.63. The number of guanidine groups is 1. The summed E-state index contributed by atoms with van der Waals surface area (Å²) in [7, 11) is -4.23. The van der Waals surface area contributed by atoms with E-state index in [1.807, 2.05) is 0 Å². The van der Waals surface area contributed by atoms with E-state index in [1.54, 1.807) is 0 Å². The highest BCUT2D eigenvalue weighted by molar-refractivity contribution is 7.90. The molecule has 15 heavy (non-hydrogen) atoms. The molecule has 1 rings (SSSR count). The minimum absolute atomic E-state index is 0.0979. The van der Waals surface area contributed by atoms with Gasteiger partial charge in [0.25, 0.3) is 10.0 Å². The summed E-state index contributed by atoms with van der Waals surface area (Å²) in [6.07, 6.45) is 0. The highest BCUT2D eigenvalue weighted by Crippen LogP contribution is 2.19. The maximum absolute atomic E-state index is 13.1. The van der Waals surface area contributed by atoms with Crippen LogP contribution in [0.2, 0.25) is 0 Å². The first kappa shape index (κ1) is 11.2. The van der Waals surface area contributed by atoms with Gasteiger partial charge in [0.15, 0.2) is 0 Å². The fourth-order valence-corrected chi connectivity index (χ4v) is 1.88. The van der Waals surface area contributed by atoms with E-state index in [0.717, 1.165) is 12.1 Å². The zero-order valence-electron chi connectivity index (χ0n) is 7.51. The van der Waals surface area contributed by atoms with Crippen LogP contribution in [0.5, 0.6) is 0 Å². The molecule has 0 aliphatic rings. The third-order valence-electron chi connectivity index (χ3n) is 1.46. The molecule has 0 amide bonds. The van der Waals surface area contributed by atoms with Crippen molar-refractivity contribution in [2.75, 3.05) is 5.73 Å². The summed E-state index contributed by atoms with van der Waals surface area (Å²) in [6.45, 7) is 0. The van der Waals surface area contributed by atoms with Crippen LogP contribution in [0.4, 0.5) is 10.1 Å². The first-order valence-electron chi connectivity index (χ1n) is 3.74. The van der Waals surface area contributed by atoms with E-state index in [0.29, 0.717) is 0 Å². The van der Waals surface area contributed by atoms with Gasteiger partial charge in [0.1, 0.15) is 10.7 Å². The number of nitrogen functional groups attached to an aromatic ring is 1. The second-order valence-corrected chi connectivity index (χ2v) is 4.25. The number of hydrogen-bond donors (Lipinski definition) is 3. The third kappa shape index (κ3) is 2.56. The lowest BCUT2D eigenvalue weighted by atomic mass is 10.3. The molecule has 6 nitrogen and oxygen atoms in total. The summed E-state index contributed by atoms with van der Waals surface area (Å²) in [5.41, 5.74) is 15.2. The minimum Gasteiger partial charge on any atom is -0.399 e. The Morgan fingerprint density at radius 1 is 1.33 bits per heavy atom. The molecular formula is C7H9FN4O2S. The quantitative estimate of drug-likeness (QED) is 0.355. The number of sulfonamides is 1. The Kier molecular flexibility index (Phi) is 2.80. The molecule has 0 radical (unpaired) electrons. The number of nitrogens with two attached hydrogens (primary N) is 3. The highest BCUT2D eigenvalue weighted by Gasteiger charge is 2.18. The molecule has 0 aromatic heterocycles. The Bertz CT molecular complexity index is 508. The van der Waals surface area contributed by atoms with Gasteiger partial charge < -0.3 is 17.2 Å². The average Bonchev–Trinajstić information content (AvgIpc) is 2.06. The number of nitrogens with zero attached hydrogens (tertiary/aromatic N) is 1. The third-order valence-corrected chi connectivity index (χ3v) is 2.78. The molecule has 0 aliphatic carbocycles. The van der Waals surface area contributed by atoms with Gasteiger partial charge in [-0.05, 0) is 18.2 Å². The smallest absolute Gasteiger partial charge is 0.288 e. The largest absolute Gasteiger partial charge is 0.399 e. The molecule has 0 heterocycles. The lowest BCUT2D eigenvalue weighted by molar-refractivity contribution is 0.568. The number of rotatable bonds is 2. The van der Waals surface area contributed by atoms with Gasteiger partial charge in [0.2, 0.25) is 5.96 Å². The summed E-state index contributed by atoms with van der Waals surface area (Å²) in [6, 6.07) is 3.09. The van der Waals surface area contributed by atoms with Gasteiger partial charge in [-0.25, -0.2) is 4.39 Å². The molecule has 0 spiro atoms. The van der Waals surface area contributed by atoms with E-state index < -0.39 is 26.7 Å². The van der Waals surface area contributed by atoms with Crippen molar-refractivity contribution >= 4 is 21.7 Å². The standard InChI is InChI=1S/C7H9FN4O2S/c8-5-2-1-4(9)3-6(5)15(13,14)12-7(10)11/h1-3H,9H2,(H4,10,11,12). The van der Waals surface area contributed by atoms with Gasteiger partial charge in [-0.1, -0.05) is 0 Å². The van der Waals surface area contributed by atoms with Crippen molar-refractivity contribution in [2.45, 2.75) is 4.90 Å². The second kappa shape index (κ2) is 3.73. The van der Waals surface area contributed by atoms with Crippen LogP contribution < -0.4 is 17.2 Å². The van der Waals surface area contributed by atoms with Crippen molar-refractivity contribution in [1.82, 2.24) is 0 Å². The molecule has 0 unspecified atom stereocenters. The summed E-state index contributed by atoms with van der Waals surface area (Å²) < 4.78 is 38.8. The SMILES string of the molecule is NC(N)=NS(=O)(=O)c1cc(N)ccc1F. The molecule has 82 valence electrons. The lowest BCUT2D eigenvalue weighted by Crippen LogP contribution is -2.24. The molecular weight excluding hydrogens is 223 g/mol. The van der Waals surface area contributed by atoms with Crippen LogP contribution >= 0.6 is 0 Å². The molecule has 0 atom stereocenters. The van der Waals surface area contributed by atoms with Gasteiger partial charge in [-0.3, -0.25) is 0 Å². The number of halogens is 1. The second-order valence-electron chi connectivity index (χ2n) is 2.68. The summed E-state index contributed by atoms with van der Waals surface area (Å²) in [5, 5.41) is 0. The molecule has 6 N–H and O–H groups in total. The van der Waals surface area contributed by atoms with Crippen LogP contribution in [0.15, 0.2) is 27.5 Å². The monoisotopic (exact) mass is 232 g/mol. The lowest BCUT2D eigenvalue weighted by Gasteiger charge is -2.02. The molecule has 0 saturated carbocycles. The van der Waals surface area contributed by atoms with Crippen LogP contribution in [0.3, 0.4) is 0 Å². The molecule has 0 aliphatic heterocycles. The van der Waals surface area contributed by atoms with Crippen LogP contribution in [0, 0.1) is 5.82 Å². The van der Waals surface area contributed by atoms with Crippen molar-refractivity contribution in [3.8, 4) is 0 Å². The Morgan fingerprint density at radius 3 is 2.47 bits per heavy atom. The van der Waals surface area contributed by atoms with E-state index in [9.17, 15) is 12.8 Å². The van der Waals surface area contributed by atoms with E-state index in [4.69, 9.17) is 17.2 Å². The van der Waals surface area contributed by atoms with Gasteiger partial charge >= 0.3 is 0 Å². The van der Waals surface area contributed by atoms with Crippen molar-refractivity contribution in [1.29, 1.82) is 0 Å². The Morgan fingerprint density at radius 2 is 1.93 bits per heavy atom. The van der Waals surface area contributed by atoms with Crippen molar-refractivity contribution in [3.63, 3.8) is 0 Å². The zero-order chi connectivity index (χ0) is 11.6. The molecule has 1 aromatic carbocycles. The highest BCUT2D eigenvalue weighted by atomic mass is 32.2. The molecule has 0 bridgehead atoms. The van der Waals surface area contributed by atoms with Crippen molar-refractivity contribution in [3.05, 3.63) is 24.0 Å². The number of hydrogen-bond acceptors (Lipinski definition) is 3. The van der Waals surface area contributed by atoms with Crippen LogP contribution in [0.1, 0.15) is 0 Å². The fraction of sp³-hybridized carbons (Fsp3) is 0. The molecule has 0 saturated heterocycles. The predicted molar refractivity (Wildman–Crippen MR) is 53.8 cm³/mol. The predicted octanol–water partition coefficient (Wildman–Crippen LogP) is -0.630. The Labute approximate surface area is 85.6 Å². The Hall–Kier alpha value is -1.83. The maximum Gasteiger partial charge on any atom is 0.288 e. The first-order chi connectivity index (χ1) is 6.83. The molecule has 1 aromatic rings. The van der Waals surface area contributed by atoms with Crippen LogP contribution in [0.25, 0.3) is 0 Å². The maximum atomic E-state index is 13.1. The zero-order valence-corrected chi connectivity index (χ0v) is 8.33. The van der Waals surface area contributed by atoms with Crippen LogP contribution in [-0.2, 0) is 10.0 Å². The van der Waals surface area contributed by atoms with E-state index >= 15 is 0 Å². The van der Waals surface area contributed by atoms with Crippen molar-refractivity contribution < 1.29 is 12.8 Å². The summed E-state index contributed by atoms with van der Waals surface area (Å²) in [4.78, 5) is -0.657. The minimum atomic E-state index is -4.23. The van der Waals surface area contributed by atoms with Crippen molar-refractivity contribution in [2.24, 2.45) is 15.9 Å². The van der Waals surface area contributed by atoms with E-state index in [1.165, 1.54) is 6.07 Å². The Balaban J connectivity index is 3.40. The number of anilines is 1. The van der Waals surface area contributed by atoms with Gasteiger partial charge in [-0.15, -0.1) is 4.40 Å². The van der Waals surface area contributed by atoms with Crippen LogP contribution in [-0.4, -0.2) is 14.4 Å². The van der Waals surface area contributed by atoms with E-state index in [-0.39, 0.29) is 5.69 Å². The first-order valence-corrected chi connectivity index (χ1v) is 5.18. The van der Waals surface area contributed by atoms with Gasteiger partial charge in [0.05, 0.1) is 0 Å². The van der Waals surface area contributed by atoms with E-state index in [2.05, 4.69) is 4.40 Å². The number of benzene rings is 1. The summed E-state index contributed by atoms with van der Waals surface area (Å²) >= 11 is 0. The average molecular weight is 232 g/mol. The fourth-order valence-electron chi connectivity index (χ4n) is 0.906. The van der Waals surface area contributed by atoms with Gasteiger partial charge in [-0.2, -0.15) is 8.42 Å². The molecule has 8 heteroatoms. The molecule has 0 fully saturated rings. The normalized spacial score (nSPS) is 11.0. The van der Waals surface area contributed by atoms with Gasteiger partial charge in [0, 0.05) is 5.69 Å². The topological polar surface area (TPSA) is 125 Å².